The molecule has 0 saturated carbocycles. The highest BCUT2D eigenvalue weighted by atomic mass is 16.3. The van der Waals surface area contributed by atoms with Gasteiger partial charge in [0.05, 0.1) is 0 Å². The predicted octanol–water partition coefficient (Wildman–Crippen LogP) is 4.28. The smallest absolute Gasteiger partial charge is 0.0497 e. The summed E-state index contributed by atoms with van der Waals surface area (Å²) in [6, 6.07) is 6.84. The predicted molar refractivity (Wildman–Crippen MR) is 79.2 cm³/mol. The number of hydrogen-bond acceptors (Lipinski definition) is 1. The lowest BCUT2D eigenvalue weighted by atomic mass is 9.82. The second-order valence-electron chi connectivity index (χ2n) is 6.89. The molecule has 1 nitrogen and oxygen atoms in total. The molecule has 0 radical (unpaired) electrons. The third kappa shape index (κ3) is 4.13. The Morgan fingerprint density at radius 3 is 2.11 bits per heavy atom. The molecule has 0 saturated heterocycles. The molecule has 0 aromatic heterocycles. The molecule has 1 N–H and O–H groups in total. The van der Waals surface area contributed by atoms with Crippen LogP contribution in [0.4, 0.5) is 0 Å². The maximum atomic E-state index is 9.35. The van der Waals surface area contributed by atoms with Crippen molar-refractivity contribution in [2.75, 3.05) is 6.61 Å². The van der Waals surface area contributed by atoms with Crippen LogP contribution in [0.2, 0.25) is 0 Å². The summed E-state index contributed by atoms with van der Waals surface area (Å²) in [4.78, 5) is 0. The number of hydrogen-bond donors (Lipinski definition) is 1. The van der Waals surface area contributed by atoms with Gasteiger partial charge in [0.15, 0.2) is 0 Å². The van der Waals surface area contributed by atoms with Crippen molar-refractivity contribution in [3.8, 4) is 0 Å². The van der Waals surface area contributed by atoms with Crippen LogP contribution in [0.1, 0.15) is 64.2 Å². The third-order valence-electron chi connectivity index (χ3n) is 3.37. The summed E-state index contributed by atoms with van der Waals surface area (Å²) in [5, 5.41) is 9.35. The van der Waals surface area contributed by atoms with Gasteiger partial charge in [0, 0.05) is 12.5 Å². The minimum absolute atomic E-state index is 0.164. The maximum absolute atomic E-state index is 9.35. The van der Waals surface area contributed by atoms with E-state index in [1.165, 1.54) is 16.7 Å². The molecular weight excluding hydrogens is 220 g/mol. The van der Waals surface area contributed by atoms with E-state index in [1.54, 1.807) is 0 Å². The van der Waals surface area contributed by atoms with Crippen LogP contribution < -0.4 is 0 Å². The van der Waals surface area contributed by atoms with Gasteiger partial charge >= 0.3 is 0 Å². The molecule has 0 spiro atoms. The Labute approximate surface area is 112 Å². The van der Waals surface area contributed by atoms with Crippen LogP contribution in [-0.2, 0) is 11.8 Å². The van der Waals surface area contributed by atoms with Crippen LogP contribution in [0.25, 0.3) is 0 Å². The molecule has 1 rings (SSSR count). The van der Waals surface area contributed by atoms with Crippen molar-refractivity contribution in [3.63, 3.8) is 0 Å². The molecule has 18 heavy (non-hydrogen) atoms. The average Bonchev–Trinajstić information content (AvgIpc) is 2.25. The fourth-order valence-electron chi connectivity index (χ4n) is 2.13. The van der Waals surface area contributed by atoms with Crippen molar-refractivity contribution in [2.45, 2.75) is 59.3 Å². The molecule has 0 bridgehead atoms. The number of benzene rings is 1. The van der Waals surface area contributed by atoms with Gasteiger partial charge in [-0.25, -0.2) is 0 Å². The van der Waals surface area contributed by atoms with E-state index in [-0.39, 0.29) is 17.9 Å². The molecule has 1 unspecified atom stereocenters. The van der Waals surface area contributed by atoms with E-state index in [9.17, 15) is 5.11 Å². The van der Waals surface area contributed by atoms with Crippen LogP contribution in [-0.4, -0.2) is 11.7 Å². The third-order valence-corrected chi connectivity index (χ3v) is 3.37. The molecule has 0 amide bonds. The first kappa shape index (κ1) is 15.2. The summed E-state index contributed by atoms with van der Waals surface area (Å²) in [6.07, 6.45) is 1.11. The van der Waals surface area contributed by atoms with E-state index in [0.29, 0.717) is 5.92 Å². The average molecular weight is 248 g/mol. The summed E-state index contributed by atoms with van der Waals surface area (Å²) >= 11 is 0. The Bertz CT molecular complexity index is 385. The summed E-state index contributed by atoms with van der Waals surface area (Å²) in [6.45, 7) is 13.5. The van der Waals surface area contributed by atoms with Crippen LogP contribution in [0.15, 0.2) is 18.2 Å². The van der Waals surface area contributed by atoms with E-state index in [0.717, 1.165) is 6.42 Å². The second-order valence-corrected chi connectivity index (χ2v) is 6.89. The summed E-state index contributed by atoms with van der Waals surface area (Å²) < 4.78 is 0. The first-order valence-electron chi connectivity index (χ1n) is 6.99. The monoisotopic (exact) mass is 248 g/mol. The lowest BCUT2D eigenvalue weighted by Gasteiger charge is -2.23. The first-order valence-corrected chi connectivity index (χ1v) is 6.99. The van der Waals surface area contributed by atoms with Gasteiger partial charge in [0.25, 0.3) is 0 Å². The first-order chi connectivity index (χ1) is 8.24. The number of rotatable bonds is 4. The fraction of sp³-hybridized carbons (Fsp3) is 0.647. The Morgan fingerprint density at radius 1 is 1.06 bits per heavy atom. The zero-order chi connectivity index (χ0) is 13.9. The van der Waals surface area contributed by atoms with Gasteiger partial charge in [0.1, 0.15) is 0 Å². The zero-order valence-electron chi connectivity index (χ0n) is 12.7. The number of aliphatic hydroxyl groups is 1. The van der Waals surface area contributed by atoms with Crippen LogP contribution in [0.5, 0.6) is 0 Å². The van der Waals surface area contributed by atoms with Gasteiger partial charge in [-0.2, -0.15) is 0 Å². The Kier molecular flexibility index (Phi) is 4.98. The summed E-state index contributed by atoms with van der Waals surface area (Å²) in [5.74, 6) is 0.885. The quantitative estimate of drug-likeness (QED) is 0.843. The SMILES string of the molecule is CC(C)Cc1cc(C(C)CO)cc(C(C)(C)C)c1. The highest BCUT2D eigenvalue weighted by Crippen LogP contribution is 2.28. The van der Waals surface area contributed by atoms with Crippen molar-refractivity contribution >= 4 is 0 Å². The number of aliphatic hydroxyl groups excluding tert-OH is 1. The van der Waals surface area contributed by atoms with Crippen LogP contribution >= 0.6 is 0 Å². The van der Waals surface area contributed by atoms with Gasteiger partial charge in [0.2, 0.25) is 0 Å². The van der Waals surface area contributed by atoms with Crippen molar-refractivity contribution in [1.82, 2.24) is 0 Å². The van der Waals surface area contributed by atoms with Crippen LogP contribution in [0.3, 0.4) is 0 Å². The van der Waals surface area contributed by atoms with Gasteiger partial charge in [-0.1, -0.05) is 59.7 Å². The van der Waals surface area contributed by atoms with E-state index < -0.39 is 0 Å². The van der Waals surface area contributed by atoms with Crippen molar-refractivity contribution in [3.05, 3.63) is 34.9 Å². The molecule has 0 aliphatic rings. The molecule has 102 valence electrons. The topological polar surface area (TPSA) is 20.2 Å². The summed E-state index contributed by atoms with van der Waals surface area (Å²) in [5.41, 5.74) is 4.20. The Balaban J connectivity index is 3.20. The Hall–Kier alpha value is -0.820. The molecule has 1 heteroatoms. The minimum Gasteiger partial charge on any atom is -0.396 e. The molecule has 0 heterocycles. The van der Waals surface area contributed by atoms with E-state index >= 15 is 0 Å². The van der Waals surface area contributed by atoms with E-state index in [1.807, 2.05) is 0 Å². The molecule has 1 atom stereocenters. The zero-order valence-corrected chi connectivity index (χ0v) is 12.7. The fourth-order valence-corrected chi connectivity index (χ4v) is 2.13. The van der Waals surface area contributed by atoms with Gasteiger partial charge in [-0.3, -0.25) is 0 Å². The van der Waals surface area contributed by atoms with Crippen molar-refractivity contribution in [2.24, 2.45) is 5.92 Å². The Morgan fingerprint density at radius 2 is 1.67 bits per heavy atom. The maximum Gasteiger partial charge on any atom is 0.0497 e. The molecule has 1 aromatic rings. The summed E-state index contributed by atoms with van der Waals surface area (Å²) in [7, 11) is 0. The highest BCUT2D eigenvalue weighted by molar-refractivity contribution is 5.36. The van der Waals surface area contributed by atoms with Crippen molar-refractivity contribution < 1.29 is 5.11 Å². The molecule has 0 fully saturated rings. The molecular formula is C17H28O. The van der Waals surface area contributed by atoms with Gasteiger partial charge < -0.3 is 5.11 Å². The normalized spacial score (nSPS) is 14.0. The molecule has 1 aromatic carbocycles. The minimum atomic E-state index is 0.164. The molecule has 0 aliphatic heterocycles. The molecule has 0 aliphatic carbocycles. The lowest BCUT2D eigenvalue weighted by molar-refractivity contribution is 0.273. The van der Waals surface area contributed by atoms with E-state index in [2.05, 4.69) is 59.7 Å². The van der Waals surface area contributed by atoms with Gasteiger partial charge in [-0.15, -0.1) is 0 Å². The van der Waals surface area contributed by atoms with Crippen LogP contribution in [0, 0.1) is 5.92 Å². The largest absolute Gasteiger partial charge is 0.396 e. The standard InChI is InChI=1S/C17H28O/c1-12(2)7-14-8-15(13(3)11-18)10-16(9-14)17(4,5)6/h8-10,12-13,18H,7,11H2,1-6H3. The highest BCUT2D eigenvalue weighted by Gasteiger charge is 2.17. The van der Waals surface area contributed by atoms with E-state index in [4.69, 9.17) is 0 Å². The second kappa shape index (κ2) is 5.88. The lowest BCUT2D eigenvalue weighted by Crippen LogP contribution is -2.13. The van der Waals surface area contributed by atoms with Gasteiger partial charge in [-0.05, 0) is 34.4 Å². The van der Waals surface area contributed by atoms with Crippen molar-refractivity contribution in [1.29, 1.82) is 0 Å².